The van der Waals surface area contributed by atoms with Gasteiger partial charge in [0.25, 0.3) is 5.56 Å². The molecule has 0 radical (unpaired) electrons. The second-order valence-corrected chi connectivity index (χ2v) is 9.04. The van der Waals surface area contributed by atoms with E-state index in [1.165, 1.54) is 10.4 Å². The molecule has 3 aromatic heterocycles. The third-order valence-electron chi connectivity index (χ3n) is 5.49. The molecule has 0 spiro atoms. The second-order valence-electron chi connectivity index (χ2n) is 7.79. The molecule has 156 valence electrons. The maximum absolute atomic E-state index is 13.2. The summed E-state index contributed by atoms with van der Waals surface area (Å²) in [6, 6.07) is 12.9. The fourth-order valence-corrected chi connectivity index (χ4v) is 4.95. The summed E-state index contributed by atoms with van der Waals surface area (Å²) in [7, 11) is 0. The minimum Gasteiger partial charge on any atom is -0.331 e. The molecule has 0 saturated heterocycles. The average molecular weight is 421 g/mol. The summed E-state index contributed by atoms with van der Waals surface area (Å²) in [5.74, 6) is 0. The van der Waals surface area contributed by atoms with Gasteiger partial charge in [-0.3, -0.25) is 4.79 Å². The van der Waals surface area contributed by atoms with Crippen molar-refractivity contribution < 1.29 is 0 Å². The van der Waals surface area contributed by atoms with Crippen LogP contribution in [0.1, 0.15) is 23.8 Å². The minimum absolute atomic E-state index is 0.0214. The molecule has 0 bridgehead atoms. The van der Waals surface area contributed by atoms with Gasteiger partial charge in [0.05, 0.1) is 16.4 Å². The summed E-state index contributed by atoms with van der Waals surface area (Å²) in [4.78, 5) is 14.5. The molecule has 5 nitrogen and oxygen atoms in total. The summed E-state index contributed by atoms with van der Waals surface area (Å²) >= 11 is 1.72. The molecule has 0 amide bonds. The van der Waals surface area contributed by atoms with Gasteiger partial charge in [-0.1, -0.05) is 36.4 Å². The zero-order valence-electron chi connectivity index (χ0n) is 17.6. The van der Waals surface area contributed by atoms with Gasteiger partial charge in [-0.15, -0.1) is 17.9 Å². The number of hydrogen-bond donors (Lipinski definition) is 1. The van der Waals surface area contributed by atoms with Gasteiger partial charge in [0.1, 0.15) is 5.52 Å². The maximum Gasteiger partial charge on any atom is 0.291 e. The van der Waals surface area contributed by atoms with Crippen LogP contribution in [-0.2, 0) is 19.5 Å². The third-order valence-corrected chi connectivity index (χ3v) is 6.57. The highest BCUT2D eigenvalue weighted by Crippen LogP contribution is 2.33. The number of nitrogens with zero attached hydrogens (tertiary/aromatic N) is 3. The third kappa shape index (κ3) is 4.11. The Morgan fingerprint density at radius 2 is 2.10 bits per heavy atom. The Kier molecular flexibility index (Phi) is 6.16. The van der Waals surface area contributed by atoms with Gasteiger partial charge in [0.2, 0.25) is 0 Å². The fourth-order valence-electron chi connectivity index (χ4n) is 3.92. The predicted molar refractivity (Wildman–Crippen MR) is 127 cm³/mol. The van der Waals surface area contributed by atoms with Crippen LogP contribution in [0, 0.1) is 6.92 Å². The Hall–Kier alpha value is -2.70. The number of aromatic nitrogens is 3. The molecule has 0 aliphatic carbocycles. The number of fused-ring (bicyclic) bond motifs is 3. The zero-order valence-corrected chi connectivity index (χ0v) is 18.4. The smallest absolute Gasteiger partial charge is 0.291 e. The number of nitrogens with one attached hydrogen (secondary N) is 1. The predicted octanol–water partition coefficient (Wildman–Crippen LogP) is 4.52. The van der Waals surface area contributed by atoms with E-state index in [2.05, 4.69) is 65.7 Å². The van der Waals surface area contributed by atoms with E-state index >= 15 is 0 Å². The minimum atomic E-state index is -0.0214. The first kappa shape index (κ1) is 20.6. The fraction of sp³-hybridized carbons (Fsp3) is 0.333. The van der Waals surface area contributed by atoms with E-state index in [4.69, 9.17) is 0 Å². The lowest BCUT2D eigenvalue weighted by Gasteiger charge is -2.14. The van der Waals surface area contributed by atoms with E-state index in [1.807, 2.05) is 18.3 Å². The lowest BCUT2D eigenvalue weighted by molar-refractivity contribution is 0.452. The number of aryl methyl sites for hydroxylation is 2. The number of benzene rings is 1. The highest BCUT2D eigenvalue weighted by Gasteiger charge is 2.17. The highest BCUT2D eigenvalue weighted by atomic mass is 32.1. The molecular weight excluding hydrogens is 392 g/mol. The Labute approximate surface area is 180 Å². The monoisotopic (exact) mass is 420 g/mol. The molecule has 6 heteroatoms. The molecule has 0 unspecified atom stereocenters. The van der Waals surface area contributed by atoms with Crippen molar-refractivity contribution in [2.24, 2.45) is 0 Å². The van der Waals surface area contributed by atoms with Crippen LogP contribution in [0.3, 0.4) is 0 Å². The van der Waals surface area contributed by atoms with Crippen molar-refractivity contribution >= 4 is 32.5 Å². The lowest BCUT2D eigenvalue weighted by atomic mass is 10.1. The second kappa shape index (κ2) is 8.98. The lowest BCUT2D eigenvalue weighted by Crippen LogP contribution is -2.32. The van der Waals surface area contributed by atoms with E-state index in [-0.39, 0.29) is 5.56 Å². The van der Waals surface area contributed by atoms with Crippen molar-refractivity contribution in [3.8, 4) is 0 Å². The van der Waals surface area contributed by atoms with Crippen LogP contribution in [0.4, 0.5) is 0 Å². The van der Waals surface area contributed by atoms with Gasteiger partial charge in [0.15, 0.2) is 0 Å². The summed E-state index contributed by atoms with van der Waals surface area (Å²) in [6.07, 6.45) is 5.54. The van der Waals surface area contributed by atoms with E-state index < -0.39 is 0 Å². The highest BCUT2D eigenvalue weighted by molar-refractivity contribution is 7.20. The van der Waals surface area contributed by atoms with E-state index in [1.54, 1.807) is 16.0 Å². The number of thiophene rings is 1. The van der Waals surface area contributed by atoms with Crippen LogP contribution in [-0.4, -0.2) is 26.9 Å². The molecule has 0 saturated carbocycles. The van der Waals surface area contributed by atoms with Crippen molar-refractivity contribution in [1.82, 2.24) is 19.7 Å². The molecule has 4 aromatic rings. The quantitative estimate of drug-likeness (QED) is 0.405. The van der Waals surface area contributed by atoms with Crippen molar-refractivity contribution in [2.75, 3.05) is 6.54 Å². The van der Waals surface area contributed by atoms with Crippen molar-refractivity contribution in [2.45, 2.75) is 45.8 Å². The standard InChI is InChI=1S/C24H28N4OS/c1-4-13-27-21-15-18(3)30-23(21)20-16-26-28(24(29)22(20)27)14-11-17(2)25-12-10-19-8-6-5-7-9-19/h4-9,15-17,25H,1,10-14H2,2-3H3/t17-/m0/s1. The van der Waals surface area contributed by atoms with Gasteiger partial charge in [-0.2, -0.15) is 5.10 Å². The molecular formula is C24H28N4OS. The first-order valence-corrected chi connectivity index (χ1v) is 11.3. The molecule has 1 aromatic carbocycles. The number of rotatable bonds is 9. The first-order chi connectivity index (χ1) is 14.6. The van der Waals surface area contributed by atoms with Gasteiger partial charge in [-0.05, 0) is 44.9 Å². The van der Waals surface area contributed by atoms with Crippen molar-refractivity contribution in [3.63, 3.8) is 0 Å². The van der Waals surface area contributed by atoms with Crippen LogP contribution >= 0.6 is 11.3 Å². The molecule has 0 aliphatic heterocycles. The van der Waals surface area contributed by atoms with Gasteiger partial charge in [-0.25, -0.2) is 4.68 Å². The molecule has 4 rings (SSSR count). The Morgan fingerprint density at radius 1 is 1.30 bits per heavy atom. The van der Waals surface area contributed by atoms with Crippen LogP contribution < -0.4 is 10.9 Å². The Balaban J connectivity index is 1.48. The van der Waals surface area contributed by atoms with Gasteiger partial charge in [0, 0.05) is 29.4 Å². The van der Waals surface area contributed by atoms with Crippen molar-refractivity contribution in [1.29, 1.82) is 0 Å². The van der Waals surface area contributed by atoms with Gasteiger partial charge < -0.3 is 9.88 Å². The Bertz CT molecular complexity index is 1220. The van der Waals surface area contributed by atoms with Crippen LogP contribution in [0.2, 0.25) is 0 Å². The summed E-state index contributed by atoms with van der Waals surface area (Å²) in [5, 5.41) is 8.98. The van der Waals surface area contributed by atoms with Crippen LogP contribution in [0.5, 0.6) is 0 Å². The topological polar surface area (TPSA) is 51.9 Å². The molecule has 1 N–H and O–H groups in total. The summed E-state index contributed by atoms with van der Waals surface area (Å²) < 4.78 is 4.81. The van der Waals surface area contributed by atoms with Crippen molar-refractivity contribution in [3.05, 3.63) is 76.0 Å². The van der Waals surface area contributed by atoms with Crippen LogP contribution in [0.25, 0.3) is 21.1 Å². The maximum atomic E-state index is 13.2. The van der Waals surface area contributed by atoms with Gasteiger partial charge >= 0.3 is 0 Å². The normalized spacial score (nSPS) is 12.6. The Morgan fingerprint density at radius 3 is 2.87 bits per heavy atom. The molecule has 30 heavy (non-hydrogen) atoms. The average Bonchev–Trinajstić information content (AvgIpc) is 3.25. The van der Waals surface area contributed by atoms with Crippen LogP contribution in [0.15, 0.2) is 60.0 Å². The first-order valence-electron chi connectivity index (χ1n) is 10.4. The number of allylic oxidation sites excluding steroid dienone is 1. The number of hydrogen-bond acceptors (Lipinski definition) is 4. The van der Waals surface area contributed by atoms with E-state index in [0.29, 0.717) is 19.1 Å². The zero-order chi connectivity index (χ0) is 21.1. The SMILES string of the molecule is C=CCn1c2cc(C)sc2c2cnn(CC[C@H](C)NCCc3ccccc3)c(=O)c21. The summed E-state index contributed by atoms with van der Waals surface area (Å²) in [6.45, 7) is 10.3. The molecule has 3 heterocycles. The van der Waals surface area contributed by atoms with E-state index in [9.17, 15) is 4.79 Å². The largest absolute Gasteiger partial charge is 0.331 e. The molecule has 0 aliphatic rings. The van der Waals surface area contributed by atoms with E-state index in [0.717, 1.165) is 40.5 Å². The molecule has 1 atom stereocenters. The molecule has 0 fully saturated rings. The summed E-state index contributed by atoms with van der Waals surface area (Å²) in [5.41, 5.74) is 3.14.